The lowest BCUT2D eigenvalue weighted by atomic mass is 9.87. The smallest absolute Gasteiger partial charge is 0.123 e. The summed E-state index contributed by atoms with van der Waals surface area (Å²) < 4.78 is 13.0. The summed E-state index contributed by atoms with van der Waals surface area (Å²) >= 11 is 5.92. The molecular weight excluding hydrogens is 277 g/mol. The van der Waals surface area contributed by atoms with E-state index in [1.165, 1.54) is 12.1 Å². The van der Waals surface area contributed by atoms with E-state index in [0.717, 1.165) is 16.7 Å². The molecule has 2 atom stereocenters. The molecule has 2 rings (SSSR count). The predicted molar refractivity (Wildman–Crippen MR) is 79.3 cm³/mol. The van der Waals surface area contributed by atoms with Gasteiger partial charge < -0.3 is 10.8 Å². The van der Waals surface area contributed by atoms with Gasteiger partial charge in [-0.1, -0.05) is 29.8 Å². The zero-order valence-electron chi connectivity index (χ0n) is 11.2. The molecule has 0 fully saturated rings. The maximum atomic E-state index is 13.0. The highest BCUT2D eigenvalue weighted by molar-refractivity contribution is 6.30. The van der Waals surface area contributed by atoms with Crippen molar-refractivity contribution in [2.24, 2.45) is 5.73 Å². The van der Waals surface area contributed by atoms with Crippen LogP contribution in [0.2, 0.25) is 5.02 Å². The van der Waals surface area contributed by atoms with Gasteiger partial charge in [0.25, 0.3) is 0 Å². The van der Waals surface area contributed by atoms with Gasteiger partial charge in [0.15, 0.2) is 0 Å². The van der Waals surface area contributed by atoms with E-state index in [1.807, 2.05) is 6.92 Å². The maximum Gasteiger partial charge on any atom is 0.123 e. The number of aliphatic hydroxyl groups is 1. The lowest BCUT2D eigenvalue weighted by Crippen LogP contribution is -2.20. The third kappa shape index (κ3) is 3.18. The van der Waals surface area contributed by atoms with Crippen molar-refractivity contribution in [2.45, 2.75) is 18.9 Å². The first-order valence-electron chi connectivity index (χ1n) is 6.42. The van der Waals surface area contributed by atoms with Crippen molar-refractivity contribution in [3.8, 4) is 0 Å². The molecule has 2 nitrogen and oxygen atoms in total. The Morgan fingerprint density at radius 1 is 1.20 bits per heavy atom. The minimum absolute atomic E-state index is 0.273. The Morgan fingerprint density at radius 3 is 2.40 bits per heavy atom. The SMILES string of the molecule is Cc1cc(Cl)ccc1C(O)C(CN)c1ccc(F)cc1. The minimum atomic E-state index is -0.747. The molecule has 0 heterocycles. The van der Waals surface area contributed by atoms with E-state index < -0.39 is 6.10 Å². The number of hydrogen-bond donors (Lipinski definition) is 2. The standard InChI is InChI=1S/C16H17ClFNO/c1-10-8-12(17)4-7-14(10)16(20)15(9-19)11-2-5-13(18)6-3-11/h2-8,15-16,20H,9,19H2,1H3. The maximum absolute atomic E-state index is 13.0. The van der Waals surface area contributed by atoms with Gasteiger partial charge >= 0.3 is 0 Å². The fourth-order valence-electron chi connectivity index (χ4n) is 2.34. The number of rotatable bonds is 4. The third-order valence-corrected chi connectivity index (χ3v) is 3.72. The van der Waals surface area contributed by atoms with Gasteiger partial charge in [-0.25, -0.2) is 4.39 Å². The van der Waals surface area contributed by atoms with Crippen molar-refractivity contribution in [1.82, 2.24) is 0 Å². The molecule has 3 N–H and O–H groups in total. The molecule has 0 radical (unpaired) electrons. The monoisotopic (exact) mass is 293 g/mol. The van der Waals surface area contributed by atoms with Gasteiger partial charge in [0, 0.05) is 17.5 Å². The van der Waals surface area contributed by atoms with Crippen LogP contribution in [0.4, 0.5) is 4.39 Å². The molecule has 0 aliphatic heterocycles. The average Bonchev–Trinajstić information content (AvgIpc) is 2.41. The predicted octanol–water partition coefficient (Wildman–Crippen LogP) is 3.56. The average molecular weight is 294 g/mol. The third-order valence-electron chi connectivity index (χ3n) is 3.48. The molecule has 20 heavy (non-hydrogen) atoms. The topological polar surface area (TPSA) is 46.2 Å². The first-order valence-corrected chi connectivity index (χ1v) is 6.80. The molecule has 106 valence electrons. The second-order valence-corrected chi connectivity index (χ2v) is 5.28. The normalized spacial score (nSPS) is 14.1. The van der Waals surface area contributed by atoms with E-state index in [4.69, 9.17) is 17.3 Å². The van der Waals surface area contributed by atoms with Crippen LogP contribution in [0.3, 0.4) is 0 Å². The van der Waals surface area contributed by atoms with Gasteiger partial charge in [0.1, 0.15) is 5.82 Å². The quantitative estimate of drug-likeness (QED) is 0.905. The molecule has 0 saturated carbocycles. The van der Waals surface area contributed by atoms with Crippen LogP contribution >= 0.6 is 11.6 Å². The summed E-state index contributed by atoms with van der Waals surface area (Å²) in [4.78, 5) is 0. The van der Waals surface area contributed by atoms with Gasteiger partial charge in [-0.3, -0.25) is 0 Å². The summed E-state index contributed by atoms with van der Waals surface area (Å²) in [6.45, 7) is 2.16. The molecule has 0 spiro atoms. The number of aliphatic hydroxyl groups excluding tert-OH is 1. The Balaban J connectivity index is 2.33. The van der Waals surface area contributed by atoms with Crippen LogP contribution in [0.5, 0.6) is 0 Å². The van der Waals surface area contributed by atoms with Crippen LogP contribution in [-0.4, -0.2) is 11.7 Å². The largest absolute Gasteiger partial charge is 0.388 e. The van der Waals surface area contributed by atoms with Crippen LogP contribution in [0.25, 0.3) is 0 Å². The Hall–Kier alpha value is -1.42. The van der Waals surface area contributed by atoms with Crippen molar-refractivity contribution in [1.29, 1.82) is 0 Å². The van der Waals surface area contributed by atoms with Crippen molar-refractivity contribution < 1.29 is 9.50 Å². The zero-order chi connectivity index (χ0) is 14.7. The van der Waals surface area contributed by atoms with Crippen LogP contribution in [0.15, 0.2) is 42.5 Å². The van der Waals surface area contributed by atoms with Crippen LogP contribution in [0, 0.1) is 12.7 Å². The van der Waals surface area contributed by atoms with Crippen molar-refractivity contribution in [3.05, 3.63) is 70.0 Å². The van der Waals surface area contributed by atoms with Crippen LogP contribution < -0.4 is 5.73 Å². The van der Waals surface area contributed by atoms with Crippen molar-refractivity contribution in [3.63, 3.8) is 0 Å². The minimum Gasteiger partial charge on any atom is -0.388 e. The van der Waals surface area contributed by atoms with Gasteiger partial charge in [-0.15, -0.1) is 0 Å². The zero-order valence-corrected chi connectivity index (χ0v) is 11.9. The first kappa shape index (κ1) is 15.0. The van der Waals surface area contributed by atoms with E-state index in [9.17, 15) is 9.50 Å². The number of aryl methyl sites for hydroxylation is 1. The summed E-state index contributed by atoms with van der Waals surface area (Å²) in [5.41, 5.74) is 8.29. The van der Waals surface area contributed by atoms with Gasteiger partial charge in [-0.05, 0) is 47.9 Å². The summed E-state index contributed by atoms with van der Waals surface area (Å²) in [5, 5.41) is 11.2. The molecule has 0 amide bonds. The number of benzene rings is 2. The Bertz CT molecular complexity index is 586. The molecule has 0 aromatic heterocycles. The summed E-state index contributed by atoms with van der Waals surface area (Å²) in [6, 6.07) is 11.4. The van der Waals surface area contributed by atoms with Crippen LogP contribution in [-0.2, 0) is 0 Å². The highest BCUT2D eigenvalue weighted by atomic mass is 35.5. The Labute approximate surface area is 123 Å². The van der Waals surface area contributed by atoms with E-state index in [1.54, 1.807) is 30.3 Å². The van der Waals surface area contributed by atoms with Gasteiger partial charge in [0.2, 0.25) is 0 Å². The Morgan fingerprint density at radius 2 is 1.85 bits per heavy atom. The number of nitrogens with two attached hydrogens (primary N) is 1. The highest BCUT2D eigenvalue weighted by Gasteiger charge is 2.22. The fourth-order valence-corrected chi connectivity index (χ4v) is 2.57. The van der Waals surface area contributed by atoms with E-state index in [0.29, 0.717) is 5.02 Å². The second kappa shape index (κ2) is 6.35. The molecule has 0 aliphatic rings. The number of hydrogen-bond acceptors (Lipinski definition) is 2. The fraction of sp³-hybridized carbons (Fsp3) is 0.250. The second-order valence-electron chi connectivity index (χ2n) is 4.84. The molecular formula is C16H17ClFNO. The van der Waals surface area contributed by atoms with E-state index >= 15 is 0 Å². The van der Waals surface area contributed by atoms with E-state index in [-0.39, 0.29) is 18.3 Å². The van der Waals surface area contributed by atoms with Gasteiger partial charge in [0.05, 0.1) is 6.10 Å². The van der Waals surface area contributed by atoms with E-state index in [2.05, 4.69) is 0 Å². The number of halogens is 2. The molecule has 0 aliphatic carbocycles. The van der Waals surface area contributed by atoms with Crippen molar-refractivity contribution in [2.75, 3.05) is 6.54 Å². The summed E-state index contributed by atoms with van der Waals surface area (Å²) in [6.07, 6.45) is -0.747. The molecule has 2 unspecified atom stereocenters. The Kier molecular flexibility index (Phi) is 4.76. The lowest BCUT2D eigenvalue weighted by molar-refractivity contribution is 0.146. The summed E-state index contributed by atoms with van der Waals surface area (Å²) in [5.74, 6) is -0.586. The van der Waals surface area contributed by atoms with Crippen LogP contribution in [0.1, 0.15) is 28.7 Å². The molecule has 0 bridgehead atoms. The molecule has 2 aromatic rings. The molecule has 0 saturated heterocycles. The highest BCUT2D eigenvalue weighted by Crippen LogP contribution is 2.32. The molecule has 4 heteroatoms. The first-order chi connectivity index (χ1) is 9.52. The van der Waals surface area contributed by atoms with Gasteiger partial charge in [-0.2, -0.15) is 0 Å². The summed E-state index contributed by atoms with van der Waals surface area (Å²) in [7, 11) is 0. The lowest BCUT2D eigenvalue weighted by Gasteiger charge is -2.23. The molecule has 2 aromatic carbocycles. The van der Waals surface area contributed by atoms with Crippen molar-refractivity contribution >= 4 is 11.6 Å².